The number of benzene rings is 1. The highest BCUT2D eigenvalue weighted by molar-refractivity contribution is 7.91. The lowest BCUT2D eigenvalue weighted by Crippen LogP contribution is -2.48. The molecule has 0 aliphatic carbocycles. The highest BCUT2D eigenvalue weighted by Gasteiger charge is 2.34. The minimum atomic E-state index is -2.90. The van der Waals surface area contributed by atoms with E-state index in [0.717, 1.165) is 24.3 Å². The summed E-state index contributed by atoms with van der Waals surface area (Å²) >= 11 is 6.27. The van der Waals surface area contributed by atoms with Crippen LogP contribution in [0.25, 0.3) is 0 Å². The van der Waals surface area contributed by atoms with Crippen LogP contribution in [0, 0.1) is 0 Å². The van der Waals surface area contributed by atoms with Gasteiger partial charge in [0.25, 0.3) is 0 Å². The number of hydrogen-bond donors (Lipinski definition) is 1. The van der Waals surface area contributed by atoms with Crippen molar-refractivity contribution in [3.63, 3.8) is 0 Å². The van der Waals surface area contributed by atoms with Crippen LogP contribution in [0.4, 0.5) is 11.4 Å². The molecule has 1 fully saturated rings. The predicted molar refractivity (Wildman–Crippen MR) is 74.3 cm³/mol. The van der Waals surface area contributed by atoms with E-state index >= 15 is 0 Å². The van der Waals surface area contributed by atoms with Crippen molar-refractivity contribution in [2.75, 3.05) is 34.8 Å². The van der Waals surface area contributed by atoms with Gasteiger partial charge in [-0.05, 0) is 18.6 Å². The molecule has 0 amide bonds. The van der Waals surface area contributed by atoms with Crippen molar-refractivity contribution in [1.29, 1.82) is 0 Å². The van der Waals surface area contributed by atoms with Gasteiger partial charge in [0.2, 0.25) is 0 Å². The number of hydrogen-bond acceptors (Lipinski definition) is 4. The SMILES string of the molecule is O=S1(=O)CCN2c3c(Cl)cccc3NCCC2C1. The molecule has 1 aromatic rings. The Balaban J connectivity index is 2.05. The fraction of sp³-hybridized carbons (Fsp3) is 0.500. The number of rotatable bonds is 0. The summed E-state index contributed by atoms with van der Waals surface area (Å²) in [5.74, 6) is 0.452. The summed E-state index contributed by atoms with van der Waals surface area (Å²) in [5, 5.41) is 4.02. The van der Waals surface area contributed by atoms with E-state index in [2.05, 4.69) is 10.2 Å². The van der Waals surface area contributed by atoms with Crippen molar-refractivity contribution < 1.29 is 8.42 Å². The van der Waals surface area contributed by atoms with Crippen molar-refractivity contribution in [2.45, 2.75) is 12.5 Å². The third-order valence-electron chi connectivity index (χ3n) is 3.60. The Morgan fingerprint density at radius 1 is 1.39 bits per heavy atom. The van der Waals surface area contributed by atoms with Crippen LogP contribution < -0.4 is 10.2 Å². The van der Waals surface area contributed by atoms with Gasteiger partial charge >= 0.3 is 0 Å². The molecule has 0 radical (unpaired) electrons. The zero-order chi connectivity index (χ0) is 12.8. The first kappa shape index (κ1) is 12.1. The summed E-state index contributed by atoms with van der Waals surface area (Å²) < 4.78 is 23.5. The molecule has 1 unspecified atom stereocenters. The number of fused-ring (bicyclic) bond motifs is 3. The van der Waals surface area contributed by atoms with Gasteiger partial charge < -0.3 is 10.2 Å². The highest BCUT2D eigenvalue weighted by Crippen LogP contribution is 2.38. The second-order valence-corrected chi connectivity index (χ2v) is 7.45. The van der Waals surface area contributed by atoms with Gasteiger partial charge in [-0.3, -0.25) is 0 Å². The molecule has 4 nitrogen and oxygen atoms in total. The van der Waals surface area contributed by atoms with Crippen molar-refractivity contribution >= 4 is 32.8 Å². The van der Waals surface area contributed by atoms with Crippen molar-refractivity contribution in [3.8, 4) is 0 Å². The Kier molecular flexibility index (Phi) is 2.90. The molecular weight excluding hydrogens is 272 g/mol. The lowest BCUT2D eigenvalue weighted by Gasteiger charge is -2.36. The number of halogens is 1. The van der Waals surface area contributed by atoms with Crippen LogP contribution in [0.1, 0.15) is 6.42 Å². The Bertz CT molecular complexity index is 573. The van der Waals surface area contributed by atoms with Gasteiger partial charge in [0, 0.05) is 19.1 Å². The summed E-state index contributed by atoms with van der Waals surface area (Å²) in [6.07, 6.45) is 0.824. The van der Waals surface area contributed by atoms with Gasteiger partial charge in [0.15, 0.2) is 9.84 Å². The number of anilines is 2. The molecule has 0 saturated carbocycles. The lowest BCUT2D eigenvalue weighted by atomic mass is 10.2. The van der Waals surface area contributed by atoms with E-state index < -0.39 is 9.84 Å². The molecular formula is C12H15ClN2O2S. The van der Waals surface area contributed by atoms with E-state index in [9.17, 15) is 8.42 Å². The maximum atomic E-state index is 11.7. The van der Waals surface area contributed by atoms with E-state index in [1.165, 1.54) is 0 Å². The predicted octanol–water partition coefficient (Wildman–Crippen LogP) is 1.76. The summed E-state index contributed by atoms with van der Waals surface area (Å²) in [6.45, 7) is 1.31. The quantitative estimate of drug-likeness (QED) is 0.789. The molecule has 2 aliphatic heterocycles. The standard InChI is InChI=1S/C12H15ClN2O2S/c13-10-2-1-3-11-12(10)15-6-7-18(16,17)8-9(15)4-5-14-11/h1-3,9,14H,4-8H2. The zero-order valence-electron chi connectivity index (χ0n) is 9.89. The van der Waals surface area contributed by atoms with E-state index in [1.807, 2.05) is 18.2 Å². The molecule has 98 valence electrons. The smallest absolute Gasteiger partial charge is 0.154 e. The molecule has 0 spiro atoms. The first-order chi connectivity index (χ1) is 8.57. The van der Waals surface area contributed by atoms with Crippen LogP contribution in [0.5, 0.6) is 0 Å². The van der Waals surface area contributed by atoms with Gasteiger partial charge in [-0.2, -0.15) is 0 Å². The van der Waals surface area contributed by atoms with Crippen LogP contribution in [0.2, 0.25) is 5.02 Å². The molecule has 2 aliphatic rings. The molecule has 1 saturated heterocycles. The number of para-hydroxylation sites is 1. The number of nitrogens with one attached hydrogen (secondary N) is 1. The van der Waals surface area contributed by atoms with Crippen LogP contribution in [-0.2, 0) is 9.84 Å². The Morgan fingerprint density at radius 3 is 3.06 bits per heavy atom. The fourth-order valence-electron chi connectivity index (χ4n) is 2.74. The van der Waals surface area contributed by atoms with Crippen molar-refractivity contribution in [1.82, 2.24) is 0 Å². The first-order valence-corrected chi connectivity index (χ1v) is 8.26. The largest absolute Gasteiger partial charge is 0.383 e. The van der Waals surface area contributed by atoms with Gasteiger partial charge in [-0.1, -0.05) is 17.7 Å². The van der Waals surface area contributed by atoms with Crippen LogP contribution in [0.15, 0.2) is 18.2 Å². The molecule has 18 heavy (non-hydrogen) atoms. The molecule has 6 heteroatoms. The van der Waals surface area contributed by atoms with E-state index in [4.69, 9.17) is 11.6 Å². The monoisotopic (exact) mass is 286 g/mol. The van der Waals surface area contributed by atoms with E-state index in [-0.39, 0.29) is 17.5 Å². The summed E-state index contributed by atoms with van der Waals surface area (Å²) in [7, 11) is -2.90. The molecule has 3 rings (SSSR count). The molecule has 1 N–H and O–H groups in total. The van der Waals surface area contributed by atoms with Crippen LogP contribution in [-0.4, -0.2) is 39.1 Å². The van der Waals surface area contributed by atoms with Gasteiger partial charge in [0.1, 0.15) is 0 Å². The lowest BCUT2D eigenvalue weighted by molar-refractivity contribution is 0.550. The second-order valence-electron chi connectivity index (χ2n) is 4.81. The molecule has 0 aromatic heterocycles. The number of nitrogens with zero attached hydrogens (tertiary/aromatic N) is 1. The molecule has 1 atom stereocenters. The van der Waals surface area contributed by atoms with Gasteiger partial charge in [0.05, 0.1) is 27.9 Å². The van der Waals surface area contributed by atoms with Gasteiger partial charge in [-0.25, -0.2) is 8.42 Å². The Labute approximate surface area is 112 Å². The Morgan fingerprint density at radius 2 is 2.22 bits per heavy atom. The van der Waals surface area contributed by atoms with Crippen LogP contribution in [0.3, 0.4) is 0 Å². The molecule has 0 bridgehead atoms. The maximum Gasteiger partial charge on any atom is 0.154 e. The summed E-state index contributed by atoms with van der Waals surface area (Å²) in [6, 6.07) is 5.80. The van der Waals surface area contributed by atoms with Crippen LogP contribution >= 0.6 is 11.6 Å². The Hall–Kier alpha value is -0.940. The molecule has 1 aromatic carbocycles. The van der Waals surface area contributed by atoms with E-state index in [0.29, 0.717) is 11.6 Å². The second kappa shape index (κ2) is 4.31. The highest BCUT2D eigenvalue weighted by atomic mass is 35.5. The average Bonchev–Trinajstić information content (AvgIpc) is 2.47. The van der Waals surface area contributed by atoms with Gasteiger partial charge in [-0.15, -0.1) is 0 Å². The van der Waals surface area contributed by atoms with E-state index in [1.54, 1.807) is 0 Å². The zero-order valence-corrected chi connectivity index (χ0v) is 11.5. The number of sulfone groups is 1. The summed E-state index contributed by atoms with van der Waals surface area (Å²) in [4.78, 5) is 2.15. The summed E-state index contributed by atoms with van der Waals surface area (Å²) in [5.41, 5.74) is 1.96. The first-order valence-electron chi connectivity index (χ1n) is 6.06. The van der Waals surface area contributed by atoms with Crippen molar-refractivity contribution in [2.24, 2.45) is 0 Å². The maximum absolute atomic E-state index is 11.7. The minimum absolute atomic E-state index is 0.0393. The molecule has 2 heterocycles. The minimum Gasteiger partial charge on any atom is -0.383 e. The van der Waals surface area contributed by atoms with Crippen molar-refractivity contribution in [3.05, 3.63) is 23.2 Å². The average molecular weight is 287 g/mol. The topological polar surface area (TPSA) is 49.4 Å². The third-order valence-corrected chi connectivity index (χ3v) is 5.60. The fourth-order valence-corrected chi connectivity index (χ4v) is 4.60. The normalized spacial score (nSPS) is 25.6. The third kappa shape index (κ3) is 2.06.